The third kappa shape index (κ3) is 1.11. The molecule has 0 spiro atoms. The van der Waals surface area contributed by atoms with Crippen LogP contribution in [0.5, 0.6) is 0 Å². The molecule has 2 heteroatoms. The van der Waals surface area contributed by atoms with E-state index in [2.05, 4.69) is 0 Å². The van der Waals surface area contributed by atoms with E-state index in [0.717, 1.165) is 18.5 Å². The molecule has 1 rings (SSSR count). The zero-order valence-electron chi connectivity index (χ0n) is 5.09. The molecule has 9 heavy (non-hydrogen) atoms. The molecule has 0 aromatic heterocycles. The lowest BCUT2D eigenvalue weighted by molar-refractivity contribution is 0.932. The fourth-order valence-corrected chi connectivity index (χ4v) is 0.791. The first-order valence-corrected chi connectivity index (χ1v) is 2.90. The lowest BCUT2D eigenvalue weighted by Crippen LogP contribution is -2.02. The number of allylic oxidation sites excluding steroid dienone is 4. The van der Waals surface area contributed by atoms with E-state index < -0.39 is 0 Å². The molecule has 0 aliphatic heterocycles. The van der Waals surface area contributed by atoms with Crippen molar-refractivity contribution in [1.29, 1.82) is 5.26 Å². The van der Waals surface area contributed by atoms with Crippen LogP contribution in [0.3, 0.4) is 0 Å². The van der Waals surface area contributed by atoms with Gasteiger partial charge in [-0.3, -0.25) is 0 Å². The van der Waals surface area contributed by atoms with Crippen LogP contribution in [-0.4, -0.2) is 0 Å². The van der Waals surface area contributed by atoms with Crippen molar-refractivity contribution in [2.24, 2.45) is 5.73 Å². The van der Waals surface area contributed by atoms with Gasteiger partial charge in [0.05, 0.1) is 5.57 Å². The summed E-state index contributed by atoms with van der Waals surface area (Å²) in [5, 5.41) is 8.42. The number of rotatable bonds is 0. The third-order valence-corrected chi connectivity index (χ3v) is 1.33. The Balaban J connectivity index is 2.88. The first-order chi connectivity index (χ1) is 4.34. The molecule has 46 valence electrons. The predicted octanol–water partition coefficient (Wildman–Crippen LogP) is 1.07. The summed E-state index contributed by atoms with van der Waals surface area (Å²) < 4.78 is 0. The van der Waals surface area contributed by atoms with Gasteiger partial charge in [0.15, 0.2) is 0 Å². The molecule has 0 atom stereocenters. The van der Waals surface area contributed by atoms with E-state index in [4.69, 9.17) is 11.0 Å². The highest BCUT2D eigenvalue weighted by Crippen LogP contribution is 2.12. The Hall–Kier alpha value is -1.23. The van der Waals surface area contributed by atoms with Crippen molar-refractivity contribution in [3.8, 4) is 6.07 Å². The largest absolute Gasteiger partial charge is 0.401 e. The van der Waals surface area contributed by atoms with Crippen molar-refractivity contribution >= 4 is 0 Å². The molecule has 0 aromatic rings. The minimum Gasteiger partial charge on any atom is -0.401 e. The highest BCUT2D eigenvalue weighted by atomic mass is 14.6. The van der Waals surface area contributed by atoms with Gasteiger partial charge in [0.25, 0.3) is 0 Å². The van der Waals surface area contributed by atoms with E-state index in [1.54, 1.807) is 6.08 Å². The second-order valence-corrected chi connectivity index (χ2v) is 1.99. The molecule has 0 saturated carbocycles. The van der Waals surface area contributed by atoms with Crippen molar-refractivity contribution in [1.82, 2.24) is 0 Å². The lowest BCUT2D eigenvalue weighted by atomic mass is 10.1. The van der Waals surface area contributed by atoms with Gasteiger partial charge in [-0.05, 0) is 18.9 Å². The molecular weight excluding hydrogens is 112 g/mol. The third-order valence-electron chi connectivity index (χ3n) is 1.33. The normalized spacial score (nSPS) is 17.7. The number of hydrogen-bond acceptors (Lipinski definition) is 2. The minimum atomic E-state index is 0.626. The maximum Gasteiger partial charge on any atom is 0.101 e. The zero-order valence-corrected chi connectivity index (χ0v) is 5.09. The smallest absolute Gasteiger partial charge is 0.101 e. The highest BCUT2D eigenvalue weighted by Gasteiger charge is 2.01. The van der Waals surface area contributed by atoms with Crippen LogP contribution in [0.25, 0.3) is 0 Å². The molecule has 0 bridgehead atoms. The Kier molecular flexibility index (Phi) is 1.55. The molecule has 0 saturated heterocycles. The van der Waals surface area contributed by atoms with Crippen molar-refractivity contribution in [2.75, 3.05) is 0 Å². The Bertz CT molecular complexity index is 205. The average Bonchev–Trinajstić information content (AvgIpc) is 1.89. The van der Waals surface area contributed by atoms with E-state index in [1.165, 1.54) is 0 Å². The number of hydrogen-bond donors (Lipinski definition) is 1. The van der Waals surface area contributed by atoms with Crippen molar-refractivity contribution in [2.45, 2.75) is 12.8 Å². The second-order valence-electron chi connectivity index (χ2n) is 1.99. The summed E-state index contributed by atoms with van der Waals surface area (Å²) in [6.07, 6.45) is 5.55. The number of nitrogens with zero attached hydrogens (tertiary/aromatic N) is 1. The minimum absolute atomic E-state index is 0.626. The fraction of sp³-hybridized carbons (Fsp3) is 0.286. The first-order valence-electron chi connectivity index (χ1n) is 2.90. The van der Waals surface area contributed by atoms with Gasteiger partial charge >= 0.3 is 0 Å². The van der Waals surface area contributed by atoms with Gasteiger partial charge in [0.2, 0.25) is 0 Å². The molecule has 0 heterocycles. The molecule has 0 amide bonds. The quantitative estimate of drug-likeness (QED) is 0.520. The summed E-state index contributed by atoms with van der Waals surface area (Å²) in [7, 11) is 0. The molecule has 1 aliphatic rings. The van der Waals surface area contributed by atoms with E-state index in [0.29, 0.717) is 5.57 Å². The van der Waals surface area contributed by atoms with Gasteiger partial charge in [0, 0.05) is 5.70 Å². The standard InChI is InChI=1S/C7H8N2/c8-5-6-3-1-2-4-7(6)9/h1,3H,2,4,9H2. The van der Waals surface area contributed by atoms with Crippen LogP contribution in [0.15, 0.2) is 23.4 Å². The molecule has 0 unspecified atom stereocenters. The lowest BCUT2D eigenvalue weighted by Gasteiger charge is -2.03. The summed E-state index contributed by atoms with van der Waals surface area (Å²) in [5.41, 5.74) is 6.84. The molecular formula is C7H8N2. The molecule has 0 radical (unpaired) electrons. The first kappa shape index (κ1) is 5.90. The Morgan fingerprint density at radius 3 is 2.89 bits per heavy atom. The van der Waals surface area contributed by atoms with Crippen LogP contribution in [-0.2, 0) is 0 Å². The van der Waals surface area contributed by atoms with Crippen LogP contribution in [0.4, 0.5) is 0 Å². The van der Waals surface area contributed by atoms with Crippen LogP contribution in [0.2, 0.25) is 0 Å². The van der Waals surface area contributed by atoms with Gasteiger partial charge in [-0.25, -0.2) is 0 Å². The number of nitriles is 1. The van der Waals surface area contributed by atoms with Crippen molar-refractivity contribution < 1.29 is 0 Å². The molecule has 1 aliphatic carbocycles. The van der Waals surface area contributed by atoms with E-state index in [9.17, 15) is 0 Å². The van der Waals surface area contributed by atoms with Gasteiger partial charge in [-0.1, -0.05) is 6.08 Å². The SMILES string of the molecule is N#CC1=C(N)CCC=C1. The molecule has 2 nitrogen and oxygen atoms in total. The summed E-state index contributed by atoms with van der Waals surface area (Å²) in [4.78, 5) is 0. The van der Waals surface area contributed by atoms with Gasteiger partial charge in [-0.15, -0.1) is 0 Å². The van der Waals surface area contributed by atoms with Crippen molar-refractivity contribution in [3.05, 3.63) is 23.4 Å². The summed E-state index contributed by atoms with van der Waals surface area (Å²) in [6.45, 7) is 0. The second kappa shape index (κ2) is 2.36. The molecule has 0 aromatic carbocycles. The van der Waals surface area contributed by atoms with E-state index >= 15 is 0 Å². The van der Waals surface area contributed by atoms with Crippen LogP contribution >= 0.6 is 0 Å². The Morgan fingerprint density at radius 2 is 2.44 bits per heavy atom. The van der Waals surface area contributed by atoms with E-state index in [-0.39, 0.29) is 0 Å². The van der Waals surface area contributed by atoms with Gasteiger partial charge < -0.3 is 5.73 Å². The topological polar surface area (TPSA) is 49.8 Å². The van der Waals surface area contributed by atoms with Crippen molar-refractivity contribution in [3.63, 3.8) is 0 Å². The Labute approximate surface area is 54.3 Å². The molecule has 0 fully saturated rings. The van der Waals surface area contributed by atoms with Gasteiger partial charge in [-0.2, -0.15) is 5.26 Å². The maximum atomic E-state index is 8.42. The highest BCUT2D eigenvalue weighted by molar-refractivity contribution is 5.38. The van der Waals surface area contributed by atoms with Crippen LogP contribution < -0.4 is 5.73 Å². The van der Waals surface area contributed by atoms with Crippen LogP contribution in [0, 0.1) is 11.3 Å². The van der Waals surface area contributed by atoms with Gasteiger partial charge in [0.1, 0.15) is 6.07 Å². The van der Waals surface area contributed by atoms with E-state index in [1.807, 2.05) is 12.1 Å². The summed E-state index contributed by atoms with van der Waals surface area (Å²) in [6, 6.07) is 2.02. The predicted molar refractivity (Wildman–Crippen MR) is 35.2 cm³/mol. The zero-order chi connectivity index (χ0) is 6.69. The maximum absolute atomic E-state index is 8.42. The monoisotopic (exact) mass is 120 g/mol. The van der Waals surface area contributed by atoms with Crippen LogP contribution in [0.1, 0.15) is 12.8 Å². The summed E-state index contributed by atoms with van der Waals surface area (Å²) >= 11 is 0. The Morgan fingerprint density at radius 1 is 1.67 bits per heavy atom. The number of nitrogens with two attached hydrogens (primary N) is 1. The summed E-state index contributed by atoms with van der Waals surface area (Å²) in [5.74, 6) is 0. The fourth-order valence-electron chi connectivity index (χ4n) is 0.791. The molecule has 2 N–H and O–H groups in total. The average molecular weight is 120 g/mol.